The molecule has 36 heavy (non-hydrogen) atoms. The fraction of sp³-hybridized carbons (Fsp3) is 0.172. The van der Waals surface area contributed by atoms with Crippen molar-refractivity contribution >= 4 is 34.1 Å². The van der Waals surface area contributed by atoms with Crippen molar-refractivity contribution in [1.29, 1.82) is 0 Å². The molecule has 0 fully saturated rings. The number of carbonyl (C=O) groups excluding carboxylic acids is 2. The number of hydrogen-bond acceptors (Lipinski definition) is 6. The molecule has 4 aromatic rings. The van der Waals surface area contributed by atoms with Gasteiger partial charge in [-0.25, -0.2) is 4.79 Å². The molecule has 0 aliphatic rings. The fourth-order valence-corrected chi connectivity index (χ4v) is 4.21. The second-order valence-electron chi connectivity index (χ2n) is 8.19. The van der Waals surface area contributed by atoms with Gasteiger partial charge in [0.25, 0.3) is 0 Å². The normalized spacial score (nSPS) is 11.3. The van der Waals surface area contributed by atoms with E-state index in [1.165, 1.54) is 13.2 Å². The molecule has 1 N–H and O–H groups in total. The number of furan rings is 1. The van der Waals surface area contributed by atoms with E-state index in [4.69, 9.17) is 18.6 Å². The van der Waals surface area contributed by atoms with Crippen molar-refractivity contribution in [3.05, 3.63) is 83.6 Å². The number of ether oxygens (including phenoxy) is 3. The van der Waals surface area contributed by atoms with Crippen LogP contribution in [0.25, 0.3) is 27.7 Å². The number of methoxy groups -OCH3 is 3. The summed E-state index contributed by atoms with van der Waals surface area (Å²) in [6.45, 7) is 3.78. The van der Waals surface area contributed by atoms with Crippen LogP contribution in [-0.2, 0) is 9.53 Å². The van der Waals surface area contributed by atoms with Gasteiger partial charge in [0, 0.05) is 39.4 Å². The molecule has 7 heteroatoms. The number of nitrogens with one attached hydrogen (secondary N) is 1. The number of hydrogen-bond donors (Lipinski definition) is 1. The van der Waals surface area contributed by atoms with Crippen LogP contribution in [0.2, 0.25) is 0 Å². The minimum Gasteiger partial charge on any atom is -0.496 e. The maximum absolute atomic E-state index is 12.8. The van der Waals surface area contributed by atoms with Crippen molar-refractivity contribution in [1.82, 2.24) is 0 Å². The zero-order valence-corrected chi connectivity index (χ0v) is 20.8. The van der Waals surface area contributed by atoms with Gasteiger partial charge in [-0.2, -0.15) is 0 Å². The fourth-order valence-electron chi connectivity index (χ4n) is 4.21. The molecule has 1 aromatic heterocycles. The van der Waals surface area contributed by atoms with E-state index in [-0.39, 0.29) is 5.91 Å². The summed E-state index contributed by atoms with van der Waals surface area (Å²) in [5, 5.41) is 3.71. The Kier molecular flexibility index (Phi) is 7.10. The van der Waals surface area contributed by atoms with Crippen LogP contribution < -0.4 is 14.8 Å². The Balaban J connectivity index is 1.70. The third-order valence-corrected chi connectivity index (χ3v) is 5.99. The Morgan fingerprint density at radius 3 is 2.33 bits per heavy atom. The monoisotopic (exact) mass is 485 g/mol. The largest absolute Gasteiger partial charge is 0.496 e. The topological polar surface area (TPSA) is 87.0 Å². The summed E-state index contributed by atoms with van der Waals surface area (Å²) in [4.78, 5) is 24.4. The first-order valence-corrected chi connectivity index (χ1v) is 11.3. The van der Waals surface area contributed by atoms with Gasteiger partial charge < -0.3 is 23.9 Å². The lowest BCUT2D eigenvalue weighted by Gasteiger charge is -2.14. The predicted octanol–water partition coefficient (Wildman–Crippen LogP) is 6.25. The molecule has 0 saturated carbocycles. The van der Waals surface area contributed by atoms with Crippen LogP contribution in [0, 0.1) is 6.92 Å². The van der Waals surface area contributed by atoms with Gasteiger partial charge in [-0.3, -0.25) is 4.79 Å². The van der Waals surface area contributed by atoms with Crippen LogP contribution in [0.5, 0.6) is 11.5 Å². The van der Waals surface area contributed by atoms with Crippen LogP contribution in [0.4, 0.5) is 5.69 Å². The van der Waals surface area contributed by atoms with Gasteiger partial charge in [-0.05, 0) is 55.8 Å². The lowest BCUT2D eigenvalue weighted by atomic mass is 9.96. The average molecular weight is 486 g/mol. The molecule has 0 saturated heterocycles. The lowest BCUT2D eigenvalue weighted by molar-refractivity contribution is -0.111. The first-order valence-electron chi connectivity index (χ1n) is 11.3. The Labute approximate surface area is 209 Å². The SMILES string of the molecule is COC(=O)c1ccc(NC(=O)/C=C(\C)c2cc3c(-c4ccccc4OC)coc3c(C)c2OC)cc1. The maximum atomic E-state index is 12.8. The first kappa shape index (κ1) is 24.6. The van der Waals surface area contributed by atoms with E-state index in [1.54, 1.807) is 44.7 Å². The summed E-state index contributed by atoms with van der Waals surface area (Å²) >= 11 is 0. The van der Waals surface area contributed by atoms with Gasteiger partial charge in [0.2, 0.25) is 5.91 Å². The van der Waals surface area contributed by atoms with Gasteiger partial charge >= 0.3 is 5.97 Å². The van der Waals surface area contributed by atoms with Crippen molar-refractivity contribution < 1.29 is 28.2 Å². The maximum Gasteiger partial charge on any atom is 0.337 e. The van der Waals surface area contributed by atoms with Crippen LogP contribution in [-0.4, -0.2) is 33.2 Å². The highest BCUT2D eigenvalue weighted by Gasteiger charge is 2.20. The van der Waals surface area contributed by atoms with Crippen LogP contribution in [0.1, 0.15) is 28.4 Å². The van der Waals surface area contributed by atoms with E-state index in [0.717, 1.165) is 33.4 Å². The summed E-state index contributed by atoms with van der Waals surface area (Å²) in [5.74, 6) is 0.621. The van der Waals surface area contributed by atoms with Crippen molar-refractivity contribution in [3.8, 4) is 22.6 Å². The highest BCUT2D eigenvalue weighted by Crippen LogP contribution is 2.42. The van der Waals surface area contributed by atoms with E-state index < -0.39 is 5.97 Å². The number of para-hydroxylation sites is 1. The van der Waals surface area contributed by atoms with Gasteiger partial charge in [0.1, 0.15) is 17.1 Å². The summed E-state index contributed by atoms with van der Waals surface area (Å²) in [5.41, 5.74) is 5.79. The molecular formula is C29H27NO6. The van der Waals surface area contributed by atoms with Crippen LogP contribution in [0.15, 0.2) is 71.4 Å². The van der Waals surface area contributed by atoms with Gasteiger partial charge in [-0.15, -0.1) is 0 Å². The van der Waals surface area contributed by atoms with E-state index in [1.807, 2.05) is 44.2 Å². The number of anilines is 1. The zero-order valence-electron chi connectivity index (χ0n) is 20.8. The number of esters is 1. The van der Waals surface area contributed by atoms with E-state index in [2.05, 4.69) is 5.32 Å². The molecule has 0 spiro atoms. The smallest absolute Gasteiger partial charge is 0.337 e. The predicted molar refractivity (Wildman–Crippen MR) is 140 cm³/mol. The van der Waals surface area contributed by atoms with Crippen LogP contribution in [0.3, 0.4) is 0 Å². The molecule has 1 amide bonds. The number of carbonyl (C=O) groups is 2. The number of amides is 1. The molecule has 0 aliphatic carbocycles. The van der Waals surface area contributed by atoms with E-state index >= 15 is 0 Å². The van der Waals surface area contributed by atoms with Crippen molar-refractivity contribution in [2.24, 2.45) is 0 Å². The number of rotatable bonds is 7. The molecule has 184 valence electrons. The second-order valence-corrected chi connectivity index (χ2v) is 8.19. The lowest BCUT2D eigenvalue weighted by Crippen LogP contribution is -2.09. The Morgan fingerprint density at radius 2 is 1.67 bits per heavy atom. The minimum absolute atomic E-state index is 0.310. The zero-order chi connectivity index (χ0) is 25.8. The molecular weight excluding hydrogens is 458 g/mol. The summed E-state index contributed by atoms with van der Waals surface area (Å²) in [7, 11) is 4.55. The molecule has 0 bridgehead atoms. The minimum atomic E-state index is -0.437. The highest BCUT2D eigenvalue weighted by molar-refractivity contribution is 6.06. The molecule has 0 atom stereocenters. The van der Waals surface area contributed by atoms with Crippen molar-refractivity contribution in [2.75, 3.05) is 26.6 Å². The summed E-state index contributed by atoms with van der Waals surface area (Å²) in [6.07, 6.45) is 3.22. The number of aryl methyl sites for hydroxylation is 1. The van der Waals surface area contributed by atoms with Gasteiger partial charge in [0.05, 0.1) is 33.2 Å². The molecule has 0 aliphatic heterocycles. The van der Waals surface area contributed by atoms with Gasteiger partial charge in [-0.1, -0.05) is 18.2 Å². The van der Waals surface area contributed by atoms with Crippen molar-refractivity contribution in [2.45, 2.75) is 13.8 Å². The molecule has 1 heterocycles. The number of benzene rings is 3. The molecule has 4 rings (SSSR count). The quantitative estimate of drug-likeness (QED) is 0.246. The Morgan fingerprint density at radius 1 is 0.944 bits per heavy atom. The summed E-state index contributed by atoms with van der Waals surface area (Å²) < 4.78 is 21.9. The average Bonchev–Trinajstić information content (AvgIpc) is 3.32. The third kappa shape index (κ3) is 4.68. The van der Waals surface area contributed by atoms with Crippen molar-refractivity contribution in [3.63, 3.8) is 0 Å². The molecule has 0 unspecified atom stereocenters. The molecule has 3 aromatic carbocycles. The highest BCUT2D eigenvalue weighted by atomic mass is 16.5. The van der Waals surface area contributed by atoms with E-state index in [9.17, 15) is 9.59 Å². The number of allylic oxidation sites excluding steroid dienone is 1. The Bertz CT molecular complexity index is 1460. The van der Waals surface area contributed by atoms with E-state index in [0.29, 0.717) is 28.2 Å². The Hall–Kier alpha value is -4.52. The second kappa shape index (κ2) is 10.4. The van der Waals surface area contributed by atoms with Gasteiger partial charge in [0.15, 0.2) is 0 Å². The summed E-state index contributed by atoms with van der Waals surface area (Å²) in [6, 6.07) is 16.2. The molecule has 0 radical (unpaired) electrons. The van der Waals surface area contributed by atoms with Crippen LogP contribution >= 0.6 is 0 Å². The molecule has 7 nitrogen and oxygen atoms in total. The third-order valence-electron chi connectivity index (χ3n) is 5.99. The first-order chi connectivity index (χ1) is 17.4. The number of fused-ring (bicyclic) bond motifs is 1. The standard InChI is InChI=1S/C29H27NO6/c1-17(14-26(31)30-20-12-10-19(11-13-20)29(32)35-5)22-15-23-24(21-8-6-7-9-25(21)33-3)16-36-28(23)18(2)27(22)34-4/h6-16H,1-5H3,(H,30,31)/b17-14+.